The van der Waals surface area contributed by atoms with Crippen LogP contribution < -0.4 is 5.32 Å². The SMILES string of the molecule is Oc1ccc(C(=S)Nc2nc3ccccc3s2)c(O)c1. The van der Waals surface area contributed by atoms with Gasteiger partial charge in [-0.3, -0.25) is 0 Å². The first-order valence-electron chi connectivity index (χ1n) is 5.82. The Hall–Kier alpha value is -2.18. The van der Waals surface area contributed by atoms with Crippen molar-refractivity contribution in [2.24, 2.45) is 0 Å². The molecule has 0 fully saturated rings. The van der Waals surface area contributed by atoms with Crippen LogP contribution in [0.3, 0.4) is 0 Å². The van der Waals surface area contributed by atoms with Crippen LogP contribution in [0.4, 0.5) is 5.13 Å². The van der Waals surface area contributed by atoms with Crippen molar-refractivity contribution in [3.8, 4) is 11.5 Å². The standard InChI is InChI=1S/C14H10N2O2S2/c17-8-5-6-9(11(18)7-8)13(19)16-14-15-10-3-1-2-4-12(10)20-14/h1-7,17-18H,(H,15,16,19). The largest absolute Gasteiger partial charge is 0.508 e. The molecule has 0 aliphatic rings. The van der Waals surface area contributed by atoms with Gasteiger partial charge in [0, 0.05) is 6.07 Å². The lowest BCUT2D eigenvalue weighted by molar-refractivity contribution is 0.450. The van der Waals surface area contributed by atoms with Crippen molar-refractivity contribution in [1.82, 2.24) is 4.98 Å². The Labute approximate surface area is 124 Å². The molecular weight excluding hydrogens is 292 g/mol. The van der Waals surface area contributed by atoms with E-state index < -0.39 is 0 Å². The van der Waals surface area contributed by atoms with Crippen molar-refractivity contribution in [3.05, 3.63) is 48.0 Å². The quantitative estimate of drug-likeness (QED) is 0.632. The average molecular weight is 302 g/mol. The third-order valence-corrected chi connectivity index (χ3v) is 4.01. The topological polar surface area (TPSA) is 65.4 Å². The molecule has 0 radical (unpaired) electrons. The molecule has 20 heavy (non-hydrogen) atoms. The second-order valence-corrected chi connectivity index (χ2v) is 5.58. The molecule has 6 heteroatoms. The molecule has 100 valence electrons. The minimum absolute atomic E-state index is 0.00552. The van der Waals surface area contributed by atoms with Crippen LogP contribution in [0.2, 0.25) is 0 Å². The van der Waals surface area contributed by atoms with E-state index in [-0.39, 0.29) is 11.5 Å². The van der Waals surface area contributed by atoms with Crippen LogP contribution in [-0.4, -0.2) is 20.2 Å². The van der Waals surface area contributed by atoms with Gasteiger partial charge >= 0.3 is 0 Å². The molecule has 0 aliphatic heterocycles. The van der Waals surface area contributed by atoms with Crippen LogP contribution in [0.15, 0.2) is 42.5 Å². The number of phenols is 2. The molecule has 0 spiro atoms. The van der Waals surface area contributed by atoms with Gasteiger partial charge in [-0.1, -0.05) is 35.7 Å². The van der Waals surface area contributed by atoms with Crippen molar-refractivity contribution in [1.29, 1.82) is 0 Å². The number of thiazole rings is 1. The number of phenolic OH excluding ortho intramolecular Hbond substituents is 2. The summed E-state index contributed by atoms with van der Waals surface area (Å²) >= 11 is 6.74. The highest BCUT2D eigenvalue weighted by atomic mass is 32.1. The number of nitrogens with zero attached hydrogens (tertiary/aromatic N) is 1. The molecule has 0 saturated heterocycles. The summed E-state index contributed by atoms with van der Waals surface area (Å²) in [7, 11) is 0. The molecule has 0 aliphatic carbocycles. The fourth-order valence-electron chi connectivity index (χ4n) is 1.80. The van der Waals surface area contributed by atoms with Gasteiger partial charge in [-0.25, -0.2) is 4.98 Å². The van der Waals surface area contributed by atoms with Gasteiger partial charge in [-0.15, -0.1) is 0 Å². The van der Waals surface area contributed by atoms with Gasteiger partial charge in [0.1, 0.15) is 16.5 Å². The van der Waals surface area contributed by atoms with E-state index in [2.05, 4.69) is 10.3 Å². The number of para-hydroxylation sites is 1. The normalized spacial score (nSPS) is 10.6. The molecule has 0 bridgehead atoms. The molecular formula is C14H10N2O2S2. The summed E-state index contributed by atoms with van der Waals surface area (Å²) < 4.78 is 1.06. The summed E-state index contributed by atoms with van der Waals surface area (Å²) in [6.07, 6.45) is 0. The monoisotopic (exact) mass is 302 g/mol. The van der Waals surface area contributed by atoms with E-state index in [4.69, 9.17) is 12.2 Å². The number of aromatic hydroxyl groups is 2. The Balaban J connectivity index is 1.88. The zero-order chi connectivity index (χ0) is 14.1. The minimum Gasteiger partial charge on any atom is -0.508 e. The van der Waals surface area contributed by atoms with Crippen LogP contribution in [0.5, 0.6) is 11.5 Å². The summed E-state index contributed by atoms with van der Waals surface area (Å²) in [6.45, 7) is 0. The van der Waals surface area contributed by atoms with E-state index in [1.807, 2.05) is 24.3 Å². The van der Waals surface area contributed by atoms with Gasteiger partial charge in [-0.2, -0.15) is 0 Å². The van der Waals surface area contributed by atoms with Crippen LogP contribution in [0, 0.1) is 0 Å². The Morgan fingerprint density at radius 3 is 2.70 bits per heavy atom. The number of benzene rings is 2. The number of rotatable bonds is 2. The van der Waals surface area contributed by atoms with E-state index in [0.29, 0.717) is 15.7 Å². The minimum atomic E-state index is -0.0661. The Bertz CT molecular complexity index is 766. The Kier molecular flexibility index (Phi) is 3.25. The Morgan fingerprint density at radius 2 is 1.95 bits per heavy atom. The molecule has 3 N–H and O–H groups in total. The predicted octanol–water partition coefficient (Wildman–Crippen LogP) is 3.50. The lowest BCUT2D eigenvalue weighted by Gasteiger charge is -2.07. The van der Waals surface area contributed by atoms with Gasteiger partial charge in [-0.05, 0) is 24.3 Å². The van der Waals surface area contributed by atoms with Gasteiger partial charge in [0.05, 0.1) is 15.8 Å². The maximum Gasteiger partial charge on any atom is 0.188 e. The molecule has 0 amide bonds. The van der Waals surface area contributed by atoms with Crippen LogP contribution in [0.1, 0.15) is 5.56 Å². The number of anilines is 1. The van der Waals surface area contributed by atoms with Crippen molar-refractivity contribution < 1.29 is 10.2 Å². The molecule has 1 aromatic heterocycles. The molecule has 4 nitrogen and oxygen atoms in total. The summed E-state index contributed by atoms with van der Waals surface area (Å²) in [5, 5.41) is 22.7. The lowest BCUT2D eigenvalue weighted by atomic mass is 10.2. The number of nitrogens with one attached hydrogen (secondary N) is 1. The third kappa shape index (κ3) is 2.43. The maximum absolute atomic E-state index is 9.78. The number of hydrogen-bond donors (Lipinski definition) is 3. The zero-order valence-electron chi connectivity index (χ0n) is 10.2. The van der Waals surface area contributed by atoms with Crippen LogP contribution in [0.25, 0.3) is 10.2 Å². The molecule has 0 saturated carbocycles. The second-order valence-electron chi connectivity index (χ2n) is 4.14. The Morgan fingerprint density at radius 1 is 1.15 bits per heavy atom. The number of aromatic nitrogens is 1. The first-order valence-corrected chi connectivity index (χ1v) is 7.05. The van der Waals surface area contributed by atoms with E-state index in [0.717, 1.165) is 10.2 Å². The number of hydrogen-bond acceptors (Lipinski definition) is 5. The third-order valence-electron chi connectivity index (χ3n) is 2.74. The van der Waals surface area contributed by atoms with E-state index in [9.17, 15) is 10.2 Å². The van der Waals surface area contributed by atoms with Crippen molar-refractivity contribution in [2.45, 2.75) is 0 Å². The first-order chi connectivity index (χ1) is 9.63. The predicted molar refractivity (Wildman–Crippen MR) is 84.7 cm³/mol. The summed E-state index contributed by atoms with van der Waals surface area (Å²) in [5.74, 6) is -0.0716. The molecule has 0 unspecified atom stereocenters. The molecule has 1 heterocycles. The first kappa shape index (κ1) is 12.8. The highest BCUT2D eigenvalue weighted by Crippen LogP contribution is 2.28. The lowest BCUT2D eigenvalue weighted by Crippen LogP contribution is -2.10. The summed E-state index contributed by atoms with van der Waals surface area (Å²) in [6, 6.07) is 12.1. The molecule has 3 rings (SSSR count). The number of fused-ring (bicyclic) bond motifs is 1. The summed E-state index contributed by atoms with van der Waals surface area (Å²) in [4.78, 5) is 4.78. The van der Waals surface area contributed by atoms with Gasteiger partial charge < -0.3 is 15.5 Å². The van der Waals surface area contributed by atoms with Crippen molar-refractivity contribution >= 4 is 43.9 Å². The fraction of sp³-hybridized carbons (Fsp3) is 0. The van der Waals surface area contributed by atoms with Crippen molar-refractivity contribution in [3.63, 3.8) is 0 Å². The molecule has 2 aromatic carbocycles. The maximum atomic E-state index is 9.78. The van der Waals surface area contributed by atoms with Gasteiger partial charge in [0.2, 0.25) is 0 Å². The van der Waals surface area contributed by atoms with Crippen molar-refractivity contribution in [2.75, 3.05) is 5.32 Å². The van der Waals surface area contributed by atoms with E-state index in [1.54, 1.807) is 6.07 Å². The highest BCUT2D eigenvalue weighted by Gasteiger charge is 2.10. The highest BCUT2D eigenvalue weighted by molar-refractivity contribution is 7.81. The van der Waals surface area contributed by atoms with Crippen LogP contribution in [-0.2, 0) is 0 Å². The molecule has 3 aromatic rings. The fourth-order valence-corrected chi connectivity index (χ4v) is 3.01. The average Bonchev–Trinajstić information content (AvgIpc) is 2.80. The smallest absolute Gasteiger partial charge is 0.188 e. The summed E-state index contributed by atoms with van der Waals surface area (Å²) in [5.41, 5.74) is 1.36. The zero-order valence-corrected chi connectivity index (χ0v) is 11.8. The van der Waals surface area contributed by atoms with E-state index in [1.165, 1.54) is 23.5 Å². The van der Waals surface area contributed by atoms with Gasteiger partial charge in [0.25, 0.3) is 0 Å². The second kappa shape index (κ2) is 5.07. The van der Waals surface area contributed by atoms with Crippen LogP contribution >= 0.6 is 23.6 Å². The number of thiocarbonyl (C=S) groups is 1. The van der Waals surface area contributed by atoms with E-state index >= 15 is 0 Å². The molecule has 0 atom stereocenters. The van der Waals surface area contributed by atoms with Gasteiger partial charge in [0.15, 0.2) is 5.13 Å².